The van der Waals surface area contributed by atoms with E-state index < -0.39 is 17.5 Å². The highest BCUT2D eigenvalue weighted by molar-refractivity contribution is 5.70. The molecule has 1 aliphatic rings. The molecule has 1 heterocycles. The molecule has 0 fully saturated rings. The van der Waals surface area contributed by atoms with Gasteiger partial charge in [0, 0.05) is 24.4 Å². The van der Waals surface area contributed by atoms with E-state index in [2.05, 4.69) is 10.3 Å². The van der Waals surface area contributed by atoms with Crippen LogP contribution in [0.25, 0.3) is 0 Å². The van der Waals surface area contributed by atoms with Crippen LogP contribution in [0.5, 0.6) is 5.75 Å². The summed E-state index contributed by atoms with van der Waals surface area (Å²) in [5, 5.41) is 2.57. The Morgan fingerprint density at radius 2 is 2.04 bits per heavy atom. The summed E-state index contributed by atoms with van der Waals surface area (Å²) < 4.78 is 24.9. The molecule has 0 unspecified atom stereocenters. The lowest BCUT2D eigenvalue weighted by Gasteiger charge is -2.20. The molecular weight excluding hydrogens is 327 g/mol. The van der Waals surface area contributed by atoms with E-state index in [0.717, 1.165) is 0 Å². The van der Waals surface area contributed by atoms with Crippen LogP contribution in [0.15, 0.2) is 47.8 Å². The number of carbonyl (C=O) groups excluding carboxylic acids is 1. The largest absolute Gasteiger partial charge is 0.452 e. The molecule has 134 valence electrons. The number of pyridine rings is 1. The van der Waals surface area contributed by atoms with Crippen molar-refractivity contribution in [1.82, 2.24) is 10.3 Å². The van der Waals surface area contributed by atoms with E-state index in [1.165, 1.54) is 30.5 Å². The van der Waals surface area contributed by atoms with Gasteiger partial charge >= 0.3 is 6.09 Å². The fourth-order valence-electron chi connectivity index (χ4n) is 1.91. The van der Waals surface area contributed by atoms with Crippen molar-refractivity contribution < 1.29 is 18.7 Å². The third kappa shape index (κ3) is 5.23. The number of nitrogens with zero attached hydrogens (tertiary/aromatic N) is 1. The Balaban J connectivity index is 2.14. The first-order valence-electron chi connectivity index (χ1n) is 7.60. The molecule has 1 aliphatic carbocycles. The van der Waals surface area contributed by atoms with E-state index in [9.17, 15) is 9.18 Å². The number of hydrogen-bond acceptors (Lipinski definition) is 6. The zero-order valence-electron chi connectivity index (χ0n) is 14.3. The minimum atomic E-state index is -0.626. The summed E-state index contributed by atoms with van der Waals surface area (Å²) in [5.41, 5.74) is 11.3. The number of amides is 1. The smallest absolute Gasteiger partial charge is 0.411 e. The summed E-state index contributed by atoms with van der Waals surface area (Å²) in [5.74, 6) is -0.358. The first-order valence-corrected chi connectivity index (χ1v) is 7.60. The average molecular weight is 348 g/mol. The van der Waals surface area contributed by atoms with Crippen LogP contribution in [0.2, 0.25) is 0 Å². The van der Waals surface area contributed by atoms with E-state index in [4.69, 9.17) is 20.9 Å². The van der Waals surface area contributed by atoms with Crippen molar-refractivity contribution in [1.29, 1.82) is 0 Å². The molecule has 1 aromatic rings. The Bertz CT molecular complexity index is 764. The number of rotatable bonds is 3. The van der Waals surface area contributed by atoms with Gasteiger partial charge in [-0.25, -0.2) is 14.2 Å². The number of alkyl carbamates (subject to hydrolysis) is 1. The molecular formula is C17H21FN4O3. The first kappa shape index (κ1) is 18.3. The second kappa shape index (κ2) is 7.25. The van der Waals surface area contributed by atoms with Gasteiger partial charge in [-0.1, -0.05) is 0 Å². The van der Waals surface area contributed by atoms with Gasteiger partial charge in [-0.2, -0.15) is 0 Å². The lowest BCUT2D eigenvalue weighted by Crippen LogP contribution is -2.31. The number of ether oxygens (including phenoxy) is 2. The Morgan fingerprint density at radius 1 is 1.32 bits per heavy atom. The molecule has 0 aromatic carbocycles. The summed E-state index contributed by atoms with van der Waals surface area (Å²) in [4.78, 5) is 15.6. The zero-order valence-corrected chi connectivity index (χ0v) is 14.3. The fourth-order valence-corrected chi connectivity index (χ4v) is 1.91. The molecule has 25 heavy (non-hydrogen) atoms. The van der Waals surface area contributed by atoms with Crippen LogP contribution >= 0.6 is 0 Å². The molecule has 0 radical (unpaired) electrons. The van der Waals surface area contributed by atoms with Gasteiger partial charge in [-0.05, 0) is 39.0 Å². The van der Waals surface area contributed by atoms with Gasteiger partial charge in [0.25, 0.3) is 0 Å². The highest BCUT2D eigenvalue weighted by Crippen LogP contribution is 2.29. The predicted molar refractivity (Wildman–Crippen MR) is 93.0 cm³/mol. The van der Waals surface area contributed by atoms with Crippen LogP contribution < -0.4 is 21.5 Å². The molecule has 0 bridgehead atoms. The SMILES string of the molecule is CC(C)(C)OC(=O)NC1=CC=C(Oc2ccnc(N)c2N)C(F)=CC1. The molecule has 8 heteroatoms. The first-order chi connectivity index (χ1) is 11.7. The molecule has 1 amide bonds. The van der Waals surface area contributed by atoms with Crippen LogP contribution in [-0.4, -0.2) is 16.7 Å². The normalized spacial score (nSPS) is 14.6. The van der Waals surface area contributed by atoms with Crippen LogP contribution in [0.4, 0.5) is 20.7 Å². The van der Waals surface area contributed by atoms with Crippen LogP contribution in [0.3, 0.4) is 0 Å². The lowest BCUT2D eigenvalue weighted by atomic mass is 10.2. The molecule has 7 nitrogen and oxygen atoms in total. The van der Waals surface area contributed by atoms with Crippen molar-refractivity contribution in [3.63, 3.8) is 0 Å². The quantitative estimate of drug-likeness (QED) is 0.773. The third-order valence-electron chi connectivity index (χ3n) is 3.03. The fraction of sp³-hybridized carbons (Fsp3) is 0.294. The molecule has 5 N–H and O–H groups in total. The second-order valence-electron chi connectivity index (χ2n) is 6.32. The average Bonchev–Trinajstić information content (AvgIpc) is 2.65. The van der Waals surface area contributed by atoms with Crippen molar-refractivity contribution >= 4 is 17.6 Å². The van der Waals surface area contributed by atoms with Crippen molar-refractivity contribution in [2.24, 2.45) is 0 Å². The van der Waals surface area contributed by atoms with Gasteiger partial charge in [0.05, 0.1) is 0 Å². The summed E-state index contributed by atoms with van der Waals surface area (Å²) in [6.45, 7) is 5.26. The van der Waals surface area contributed by atoms with Crippen LogP contribution in [0.1, 0.15) is 27.2 Å². The summed E-state index contributed by atoms with van der Waals surface area (Å²) in [7, 11) is 0. The maximum Gasteiger partial charge on any atom is 0.411 e. The zero-order chi connectivity index (χ0) is 18.6. The third-order valence-corrected chi connectivity index (χ3v) is 3.03. The maximum atomic E-state index is 14.2. The minimum absolute atomic E-state index is 0.0571. The summed E-state index contributed by atoms with van der Waals surface area (Å²) in [6, 6.07) is 1.48. The van der Waals surface area contributed by atoms with Crippen molar-refractivity contribution in [2.45, 2.75) is 32.8 Å². The predicted octanol–water partition coefficient (Wildman–Crippen LogP) is 3.17. The van der Waals surface area contributed by atoms with E-state index >= 15 is 0 Å². The lowest BCUT2D eigenvalue weighted by molar-refractivity contribution is 0.0545. The summed E-state index contributed by atoms with van der Waals surface area (Å²) in [6.07, 6.45) is 5.16. The second-order valence-corrected chi connectivity index (χ2v) is 6.32. The summed E-state index contributed by atoms with van der Waals surface area (Å²) >= 11 is 0. The van der Waals surface area contributed by atoms with Gasteiger partial charge in [0.15, 0.2) is 17.3 Å². The number of anilines is 2. The number of halogens is 1. The number of nitrogens with one attached hydrogen (secondary N) is 1. The Kier molecular flexibility index (Phi) is 5.31. The van der Waals surface area contributed by atoms with E-state index in [1.807, 2.05) is 0 Å². The number of nitrogens with two attached hydrogens (primary N) is 2. The Hall–Kier alpha value is -3.03. The number of carbonyl (C=O) groups is 1. The molecule has 2 rings (SSSR count). The molecule has 0 aliphatic heterocycles. The van der Waals surface area contributed by atoms with Gasteiger partial charge < -0.3 is 20.9 Å². The monoisotopic (exact) mass is 348 g/mol. The van der Waals surface area contributed by atoms with E-state index in [1.54, 1.807) is 20.8 Å². The van der Waals surface area contributed by atoms with Gasteiger partial charge in [-0.3, -0.25) is 5.32 Å². The van der Waals surface area contributed by atoms with Gasteiger partial charge in [0.1, 0.15) is 17.1 Å². The number of allylic oxidation sites excluding steroid dienone is 4. The van der Waals surface area contributed by atoms with Gasteiger partial charge in [-0.15, -0.1) is 0 Å². The number of nitrogen functional groups attached to an aromatic ring is 2. The van der Waals surface area contributed by atoms with Crippen molar-refractivity contribution in [3.05, 3.63) is 47.8 Å². The maximum absolute atomic E-state index is 14.2. The highest BCUT2D eigenvalue weighted by Gasteiger charge is 2.18. The standard InChI is InChI=1S/C17H21FN4O3/c1-17(2,3)25-16(23)22-10-4-6-11(18)12(7-5-10)24-13-8-9-21-15(20)14(13)19/h5-9H,4,19H2,1-3H3,(H2,20,21)(H,22,23). The van der Waals surface area contributed by atoms with E-state index in [0.29, 0.717) is 5.70 Å². The van der Waals surface area contributed by atoms with Crippen LogP contribution in [-0.2, 0) is 4.74 Å². The number of aromatic nitrogens is 1. The molecule has 0 saturated carbocycles. The molecule has 1 aromatic heterocycles. The highest BCUT2D eigenvalue weighted by atomic mass is 19.1. The molecule has 0 saturated heterocycles. The molecule has 0 spiro atoms. The minimum Gasteiger partial charge on any atom is -0.452 e. The van der Waals surface area contributed by atoms with Crippen molar-refractivity contribution in [2.75, 3.05) is 11.5 Å². The van der Waals surface area contributed by atoms with Crippen molar-refractivity contribution in [3.8, 4) is 5.75 Å². The van der Waals surface area contributed by atoms with Gasteiger partial charge in [0.2, 0.25) is 0 Å². The topological polar surface area (TPSA) is 112 Å². The Morgan fingerprint density at radius 3 is 2.72 bits per heavy atom. The van der Waals surface area contributed by atoms with Crippen LogP contribution in [0, 0.1) is 0 Å². The molecule has 0 atom stereocenters. The van der Waals surface area contributed by atoms with E-state index in [-0.39, 0.29) is 29.4 Å². The Labute approximate surface area is 145 Å². The number of hydrogen-bond donors (Lipinski definition) is 3.